The predicted molar refractivity (Wildman–Crippen MR) is 76.4 cm³/mol. The van der Waals surface area contributed by atoms with E-state index in [0.29, 0.717) is 22.2 Å². The van der Waals surface area contributed by atoms with E-state index in [-0.39, 0.29) is 11.1 Å². The molecule has 0 saturated carbocycles. The van der Waals surface area contributed by atoms with Crippen LogP contribution in [0.1, 0.15) is 12.5 Å². The van der Waals surface area contributed by atoms with Gasteiger partial charge in [0.1, 0.15) is 5.75 Å². The number of hydrogen-bond donors (Lipinski definition) is 0. The van der Waals surface area contributed by atoms with E-state index in [4.69, 9.17) is 16.3 Å². The summed E-state index contributed by atoms with van der Waals surface area (Å²) in [7, 11) is 1.54. The molecule has 0 atom stereocenters. The minimum absolute atomic E-state index is 0.238. The Morgan fingerprint density at radius 1 is 1.42 bits per heavy atom. The third-order valence-electron chi connectivity index (χ3n) is 2.66. The van der Waals surface area contributed by atoms with E-state index in [1.54, 1.807) is 31.2 Å². The Balaban J connectivity index is 2.30. The summed E-state index contributed by atoms with van der Waals surface area (Å²) >= 11 is 6.95. The predicted octanol–water partition coefficient (Wildman–Crippen LogP) is 3.40. The highest BCUT2D eigenvalue weighted by atomic mass is 35.5. The normalized spacial score (nSPS) is 17.4. The minimum Gasteiger partial charge on any atom is -0.495 e. The Bertz CT molecular complexity index is 571. The Morgan fingerprint density at radius 2 is 2.16 bits per heavy atom. The van der Waals surface area contributed by atoms with Gasteiger partial charge in [0.25, 0.3) is 11.1 Å². The van der Waals surface area contributed by atoms with Crippen LogP contribution in [-0.2, 0) is 4.79 Å². The molecule has 1 aliphatic heterocycles. The molecule has 1 heterocycles. The highest BCUT2D eigenvalue weighted by Crippen LogP contribution is 2.33. The molecule has 100 valence electrons. The molecule has 0 unspecified atom stereocenters. The zero-order chi connectivity index (χ0) is 14.0. The Hall–Kier alpha value is -1.46. The fourth-order valence-corrected chi connectivity index (χ4v) is 2.87. The molecule has 0 aromatic heterocycles. The fraction of sp³-hybridized carbons (Fsp3) is 0.231. The molecule has 1 aromatic rings. The summed E-state index contributed by atoms with van der Waals surface area (Å²) in [5.41, 5.74) is 0.757. The van der Waals surface area contributed by atoms with Gasteiger partial charge in [-0.05, 0) is 42.5 Å². The summed E-state index contributed by atoms with van der Waals surface area (Å²) in [6.45, 7) is 2.15. The van der Waals surface area contributed by atoms with Gasteiger partial charge >= 0.3 is 0 Å². The van der Waals surface area contributed by atoms with Gasteiger partial charge < -0.3 is 4.74 Å². The number of benzene rings is 1. The third-order valence-corrected chi connectivity index (χ3v) is 3.87. The number of rotatable bonds is 3. The molecule has 0 bridgehead atoms. The number of halogens is 1. The van der Waals surface area contributed by atoms with Gasteiger partial charge in [-0.3, -0.25) is 14.5 Å². The van der Waals surface area contributed by atoms with Gasteiger partial charge in [-0.15, -0.1) is 0 Å². The average molecular weight is 298 g/mol. The summed E-state index contributed by atoms with van der Waals surface area (Å²) in [5, 5.41) is 0.226. The molecule has 1 aliphatic rings. The van der Waals surface area contributed by atoms with Crippen LogP contribution in [-0.4, -0.2) is 29.7 Å². The van der Waals surface area contributed by atoms with Gasteiger partial charge in [-0.25, -0.2) is 0 Å². The summed E-state index contributed by atoms with van der Waals surface area (Å²) in [4.78, 5) is 25.1. The van der Waals surface area contributed by atoms with E-state index in [1.165, 1.54) is 12.0 Å². The number of carbonyl (C=O) groups is 2. The number of likely N-dealkylation sites (N-methyl/N-ethyl adjacent to an activating group) is 1. The highest BCUT2D eigenvalue weighted by molar-refractivity contribution is 8.18. The maximum Gasteiger partial charge on any atom is 0.293 e. The number of imide groups is 1. The van der Waals surface area contributed by atoms with E-state index in [1.807, 2.05) is 0 Å². The van der Waals surface area contributed by atoms with Crippen LogP contribution < -0.4 is 4.74 Å². The molecule has 1 aromatic carbocycles. The summed E-state index contributed by atoms with van der Waals surface area (Å²) in [5.74, 6) is 0.310. The van der Waals surface area contributed by atoms with Crippen molar-refractivity contribution in [1.29, 1.82) is 0 Å². The zero-order valence-corrected chi connectivity index (χ0v) is 12.0. The summed E-state index contributed by atoms with van der Waals surface area (Å²) in [6, 6.07) is 5.20. The zero-order valence-electron chi connectivity index (χ0n) is 10.5. The standard InChI is InChI=1S/C13H12ClNO3S/c1-3-15-12(16)11(19-13(15)17)7-8-4-5-10(18-2)9(14)6-8/h4-7H,3H2,1-2H3/b11-7+. The van der Waals surface area contributed by atoms with Crippen LogP contribution in [0.25, 0.3) is 6.08 Å². The maximum atomic E-state index is 11.9. The van der Waals surface area contributed by atoms with Gasteiger partial charge in [0, 0.05) is 6.54 Å². The topological polar surface area (TPSA) is 46.6 Å². The van der Waals surface area contributed by atoms with Gasteiger partial charge in [0.2, 0.25) is 0 Å². The van der Waals surface area contributed by atoms with Crippen molar-refractivity contribution >= 4 is 40.6 Å². The number of thioether (sulfide) groups is 1. The largest absolute Gasteiger partial charge is 0.495 e. The van der Waals surface area contributed by atoms with Gasteiger partial charge in [0.15, 0.2) is 0 Å². The third kappa shape index (κ3) is 2.77. The van der Waals surface area contributed by atoms with Crippen molar-refractivity contribution in [2.45, 2.75) is 6.92 Å². The molecular weight excluding hydrogens is 286 g/mol. The van der Waals surface area contributed by atoms with Crippen molar-refractivity contribution in [2.24, 2.45) is 0 Å². The number of amides is 2. The van der Waals surface area contributed by atoms with Crippen LogP contribution in [0.4, 0.5) is 4.79 Å². The molecule has 4 nitrogen and oxygen atoms in total. The molecule has 19 heavy (non-hydrogen) atoms. The smallest absolute Gasteiger partial charge is 0.293 e. The monoisotopic (exact) mass is 297 g/mol. The molecule has 0 N–H and O–H groups in total. The van der Waals surface area contributed by atoms with Crippen molar-refractivity contribution in [3.63, 3.8) is 0 Å². The van der Waals surface area contributed by atoms with Crippen molar-refractivity contribution in [1.82, 2.24) is 4.90 Å². The Kier molecular flexibility index (Phi) is 4.17. The second kappa shape index (κ2) is 5.67. The second-order valence-corrected chi connectivity index (χ2v) is 5.22. The lowest BCUT2D eigenvalue weighted by Gasteiger charge is -2.07. The van der Waals surface area contributed by atoms with E-state index in [0.717, 1.165) is 17.3 Å². The molecular formula is C13H12ClNO3S. The minimum atomic E-state index is -0.260. The lowest BCUT2D eigenvalue weighted by Crippen LogP contribution is -2.27. The van der Waals surface area contributed by atoms with Gasteiger partial charge in [0.05, 0.1) is 17.0 Å². The maximum absolute atomic E-state index is 11.9. The van der Waals surface area contributed by atoms with Gasteiger partial charge in [-0.2, -0.15) is 0 Å². The quantitative estimate of drug-likeness (QED) is 0.802. The molecule has 0 spiro atoms. The molecule has 2 amide bonds. The van der Waals surface area contributed by atoms with Crippen molar-refractivity contribution in [3.05, 3.63) is 33.7 Å². The molecule has 0 aliphatic carbocycles. The molecule has 1 fully saturated rings. The molecule has 6 heteroatoms. The van der Waals surface area contributed by atoms with E-state index in [2.05, 4.69) is 0 Å². The van der Waals surface area contributed by atoms with Crippen LogP contribution in [0.15, 0.2) is 23.1 Å². The number of nitrogens with zero attached hydrogens (tertiary/aromatic N) is 1. The van der Waals surface area contributed by atoms with Crippen molar-refractivity contribution in [3.8, 4) is 5.75 Å². The molecule has 2 rings (SSSR count). The summed E-state index contributed by atoms with van der Waals surface area (Å²) in [6.07, 6.45) is 1.66. The molecule has 0 radical (unpaired) electrons. The number of ether oxygens (including phenoxy) is 1. The van der Waals surface area contributed by atoms with Crippen LogP contribution in [0.5, 0.6) is 5.75 Å². The second-order valence-electron chi connectivity index (χ2n) is 3.82. The first-order valence-corrected chi connectivity index (χ1v) is 6.85. The SMILES string of the molecule is CCN1C(=O)S/C(=C/c2ccc(OC)c(Cl)c2)C1=O. The van der Waals surface area contributed by atoms with Crippen LogP contribution in [0, 0.1) is 0 Å². The first kappa shape index (κ1) is 14.0. The van der Waals surface area contributed by atoms with Crippen molar-refractivity contribution < 1.29 is 14.3 Å². The van der Waals surface area contributed by atoms with Gasteiger partial charge in [-0.1, -0.05) is 17.7 Å². The first-order valence-electron chi connectivity index (χ1n) is 5.65. The van der Waals surface area contributed by atoms with Crippen LogP contribution >= 0.6 is 23.4 Å². The molecule has 1 saturated heterocycles. The van der Waals surface area contributed by atoms with Crippen molar-refractivity contribution in [2.75, 3.05) is 13.7 Å². The highest BCUT2D eigenvalue weighted by Gasteiger charge is 2.33. The average Bonchev–Trinajstić information content (AvgIpc) is 2.64. The van der Waals surface area contributed by atoms with Crippen LogP contribution in [0.3, 0.4) is 0 Å². The lowest BCUT2D eigenvalue weighted by molar-refractivity contribution is -0.122. The van der Waals surface area contributed by atoms with E-state index in [9.17, 15) is 9.59 Å². The number of hydrogen-bond acceptors (Lipinski definition) is 4. The van der Waals surface area contributed by atoms with E-state index < -0.39 is 0 Å². The van der Waals surface area contributed by atoms with E-state index >= 15 is 0 Å². The van der Waals surface area contributed by atoms with Crippen LogP contribution in [0.2, 0.25) is 5.02 Å². The lowest BCUT2D eigenvalue weighted by atomic mass is 10.2. The Labute approximate surface area is 120 Å². The first-order chi connectivity index (χ1) is 9.06. The Morgan fingerprint density at radius 3 is 2.68 bits per heavy atom. The fourth-order valence-electron chi connectivity index (χ4n) is 1.70. The number of carbonyl (C=O) groups excluding carboxylic acids is 2. The number of methoxy groups -OCH3 is 1. The summed E-state index contributed by atoms with van der Waals surface area (Å²) < 4.78 is 5.06.